The highest BCUT2D eigenvalue weighted by Gasteiger charge is 2.07. The minimum atomic E-state index is -0.808. The summed E-state index contributed by atoms with van der Waals surface area (Å²) >= 11 is 1.50. The summed E-state index contributed by atoms with van der Waals surface area (Å²) in [7, 11) is 0. The third-order valence-electron chi connectivity index (χ3n) is 2.55. The van der Waals surface area contributed by atoms with Crippen LogP contribution in [0.5, 0.6) is 5.88 Å². The van der Waals surface area contributed by atoms with E-state index < -0.39 is 5.97 Å². The highest BCUT2D eigenvalue weighted by molar-refractivity contribution is 7.12. The van der Waals surface area contributed by atoms with Crippen LogP contribution in [0.3, 0.4) is 0 Å². The highest BCUT2D eigenvalue weighted by Crippen LogP contribution is 2.23. The number of rotatable bonds is 7. The predicted octanol–water partition coefficient (Wildman–Crippen LogP) is 2.78. The molecule has 0 unspecified atom stereocenters. The minimum Gasteiger partial charge on any atom is -0.481 e. The first-order chi connectivity index (χ1) is 9.69. The smallest absolute Gasteiger partial charge is 0.308 e. The van der Waals surface area contributed by atoms with Crippen LogP contribution in [0.2, 0.25) is 0 Å². The van der Waals surface area contributed by atoms with Crippen molar-refractivity contribution in [1.29, 1.82) is 0 Å². The van der Waals surface area contributed by atoms with Crippen molar-refractivity contribution in [3.8, 4) is 5.88 Å². The standard InChI is InChI=1S/C14H16N2O3S/c1-2-19-14-12(4-3-7-15-14)16-9-11-6-5-10(20-11)8-13(17)18/h3-7,16H,2,8-9H2,1H3,(H,17,18). The van der Waals surface area contributed by atoms with E-state index in [0.29, 0.717) is 19.0 Å². The molecule has 5 nitrogen and oxygen atoms in total. The van der Waals surface area contributed by atoms with E-state index in [4.69, 9.17) is 9.84 Å². The highest BCUT2D eigenvalue weighted by atomic mass is 32.1. The largest absolute Gasteiger partial charge is 0.481 e. The van der Waals surface area contributed by atoms with Gasteiger partial charge in [-0.2, -0.15) is 0 Å². The van der Waals surface area contributed by atoms with E-state index in [0.717, 1.165) is 15.4 Å². The fraction of sp³-hybridized carbons (Fsp3) is 0.286. The second-order valence-electron chi connectivity index (χ2n) is 4.08. The molecule has 0 fully saturated rings. The average Bonchev–Trinajstić information content (AvgIpc) is 2.85. The lowest BCUT2D eigenvalue weighted by atomic mass is 10.3. The molecule has 0 aliphatic rings. The number of carboxylic acids is 1. The van der Waals surface area contributed by atoms with Crippen molar-refractivity contribution < 1.29 is 14.6 Å². The molecule has 0 aliphatic heterocycles. The van der Waals surface area contributed by atoms with Crippen LogP contribution in [-0.4, -0.2) is 22.7 Å². The molecule has 2 N–H and O–H groups in total. The molecule has 0 amide bonds. The van der Waals surface area contributed by atoms with Crippen molar-refractivity contribution in [3.05, 3.63) is 40.2 Å². The maximum Gasteiger partial charge on any atom is 0.308 e. The third kappa shape index (κ3) is 3.96. The fourth-order valence-corrected chi connectivity index (χ4v) is 2.67. The van der Waals surface area contributed by atoms with E-state index in [1.54, 1.807) is 6.20 Å². The van der Waals surface area contributed by atoms with Crippen molar-refractivity contribution in [2.45, 2.75) is 19.9 Å². The Balaban J connectivity index is 1.98. The third-order valence-corrected chi connectivity index (χ3v) is 3.63. The molecule has 2 aromatic rings. The molecule has 106 valence electrons. The molecule has 2 rings (SSSR count). The molecule has 0 saturated heterocycles. The lowest BCUT2D eigenvalue weighted by molar-refractivity contribution is -0.136. The van der Waals surface area contributed by atoms with Crippen molar-refractivity contribution in [1.82, 2.24) is 4.98 Å². The molecule has 0 aromatic carbocycles. The first-order valence-electron chi connectivity index (χ1n) is 6.30. The van der Waals surface area contributed by atoms with Crippen LogP contribution in [-0.2, 0) is 17.8 Å². The van der Waals surface area contributed by atoms with Gasteiger partial charge in [-0.1, -0.05) is 0 Å². The number of thiophene rings is 1. The Kier molecular flexibility index (Phi) is 4.95. The molecular weight excluding hydrogens is 276 g/mol. The number of ether oxygens (including phenoxy) is 1. The van der Waals surface area contributed by atoms with Gasteiger partial charge in [0.1, 0.15) is 0 Å². The Labute approximate surface area is 121 Å². The van der Waals surface area contributed by atoms with Crippen LogP contribution in [0.25, 0.3) is 0 Å². The van der Waals surface area contributed by atoms with E-state index in [1.807, 2.05) is 31.2 Å². The van der Waals surface area contributed by atoms with E-state index in [2.05, 4.69) is 10.3 Å². The fourth-order valence-electron chi connectivity index (χ4n) is 1.72. The molecule has 2 heterocycles. The summed E-state index contributed by atoms with van der Waals surface area (Å²) in [4.78, 5) is 16.7. The van der Waals surface area contributed by atoms with E-state index in [1.165, 1.54) is 11.3 Å². The maximum atomic E-state index is 10.6. The van der Waals surface area contributed by atoms with Gasteiger partial charge < -0.3 is 15.2 Å². The Hall–Kier alpha value is -2.08. The van der Waals surface area contributed by atoms with Crippen LogP contribution >= 0.6 is 11.3 Å². The second kappa shape index (κ2) is 6.91. The first kappa shape index (κ1) is 14.3. The van der Waals surface area contributed by atoms with Crippen LogP contribution in [0.15, 0.2) is 30.5 Å². The number of hydrogen-bond acceptors (Lipinski definition) is 5. The summed E-state index contributed by atoms with van der Waals surface area (Å²) in [5.74, 6) is -0.227. The average molecular weight is 292 g/mol. The number of pyridine rings is 1. The summed E-state index contributed by atoms with van der Waals surface area (Å²) < 4.78 is 5.44. The molecular formula is C14H16N2O3S. The number of aromatic nitrogens is 1. The lowest BCUT2D eigenvalue weighted by Crippen LogP contribution is -2.03. The Morgan fingerprint density at radius 2 is 2.20 bits per heavy atom. The van der Waals surface area contributed by atoms with Crippen LogP contribution in [0, 0.1) is 0 Å². The molecule has 0 bridgehead atoms. The van der Waals surface area contributed by atoms with Gasteiger partial charge in [-0.05, 0) is 31.2 Å². The van der Waals surface area contributed by atoms with Gasteiger partial charge in [0.25, 0.3) is 0 Å². The van der Waals surface area contributed by atoms with Crippen LogP contribution in [0.4, 0.5) is 5.69 Å². The summed E-state index contributed by atoms with van der Waals surface area (Å²) in [5, 5.41) is 12.0. The quantitative estimate of drug-likeness (QED) is 0.821. The van der Waals surface area contributed by atoms with Gasteiger partial charge in [-0.3, -0.25) is 4.79 Å². The SMILES string of the molecule is CCOc1ncccc1NCc1ccc(CC(=O)O)s1. The van der Waals surface area contributed by atoms with Crippen LogP contribution < -0.4 is 10.1 Å². The number of carboxylic acid groups (broad SMARTS) is 1. The van der Waals surface area contributed by atoms with Crippen molar-refractivity contribution >= 4 is 23.0 Å². The zero-order valence-corrected chi connectivity index (χ0v) is 11.9. The van der Waals surface area contributed by atoms with Gasteiger partial charge in [0.15, 0.2) is 0 Å². The van der Waals surface area contributed by atoms with Gasteiger partial charge in [-0.25, -0.2) is 4.98 Å². The maximum absolute atomic E-state index is 10.6. The molecule has 0 saturated carbocycles. The van der Waals surface area contributed by atoms with Gasteiger partial charge in [0.2, 0.25) is 5.88 Å². The number of hydrogen-bond donors (Lipinski definition) is 2. The Bertz CT molecular complexity index is 583. The summed E-state index contributed by atoms with van der Waals surface area (Å²) in [6, 6.07) is 7.54. The second-order valence-corrected chi connectivity index (χ2v) is 5.33. The predicted molar refractivity (Wildman–Crippen MR) is 78.4 cm³/mol. The summed E-state index contributed by atoms with van der Waals surface area (Å²) in [6.45, 7) is 3.10. The van der Waals surface area contributed by atoms with Crippen molar-refractivity contribution in [2.75, 3.05) is 11.9 Å². The summed E-state index contributed by atoms with van der Waals surface area (Å²) in [5.41, 5.74) is 0.836. The zero-order valence-electron chi connectivity index (χ0n) is 11.1. The van der Waals surface area contributed by atoms with Gasteiger partial charge in [0.05, 0.1) is 18.7 Å². The van der Waals surface area contributed by atoms with Crippen molar-refractivity contribution in [2.24, 2.45) is 0 Å². The number of anilines is 1. The zero-order chi connectivity index (χ0) is 14.4. The number of aliphatic carboxylic acids is 1. The Morgan fingerprint density at radius 1 is 1.40 bits per heavy atom. The molecule has 0 atom stereocenters. The number of nitrogens with one attached hydrogen (secondary N) is 1. The molecule has 6 heteroatoms. The number of carbonyl (C=O) groups is 1. The van der Waals surface area contributed by atoms with Crippen molar-refractivity contribution in [3.63, 3.8) is 0 Å². The van der Waals surface area contributed by atoms with Crippen LogP contribution in [0.1, 0.15) is 16.7 Å². The molecule has 0 spiro atoms. The molecule has 2 aromatic heterocycles. The molecule has 0 radical (unpaired) electrons. The van der Waals surface area contributed by atoms with Gasteiger partial charge >= 0.3 is 5.97 Å². The van der Waals surface area contributed by atoms with E-state index in [-0.39, 0.29) is 6.42 Å². The monoisotopic (exact) mass is 292 g/mol. The molecule has 0 aliphatic carbocycles. The van der Waals surface area contributed by atoms with Gasteiger partial charge in [-0.15, -0.1) is 11.3 Å². The topological polar surface area (TPSA) is 71.5 Å². The first-order valence-corrected chi connectivity index (χ1v) is 7.11. The van der Waals surface area contributed by atoms with E-state index >= 15 is 0 Å². The number of nitrogens with zero attached hydrogens (tertiary/aromatic N) is 1. The lowest BCUT2D eigenvalue weighted by Gasteiger charge is -2.09. The molecule has 20 heavy (non-hydrogen) atoms. The summed E-state index contributed by atoms with van der Waals surface area (Å²) in [6.07, 6.45) is 1.76. The minimum absolute atomic E-state index is 0.0712. The normalized spacial score (nSPS) is 10.2. The van der Waals surface area contributed by atoms with Gasteiger partial charge in [0, 0.05) is 22.5 Å². The Morgan fingerprint density at radius 3 is 2.95 bits per heavy atom. The van der Waals surface area contributed by atoms with E-state index in [9.17, 15) is 4.79 Å².